The van der Waals surface area contributed by atoms with Crippen molar-refractivity contribution in [3.63, 3.8) is 0 Å². The summed E-state index contributed by atoms with van der Waals surface area (Å²) in [7, 11) is 0. The molecule has 2 aromatic rings. The lowest BCUT2D eigenvalue weighted by Crippen LogP contribution is -2.52. The fourth-order valence-electron chi connectivity index (χ4n) is 4.26. The van der Waals surface area contributed by atoms with Crippen LogP contribution in [0, 0.1) is 5.92 Å². The molecule has 1 aliphatic heterocycles. The molecule has 5 heteroatoms. The van der Waals surface area contributed by atoms with Gasteiger partial charge in [-0.2, -0.15) is 0 Å². The van der Waals surface area contributed by atoms with Gasteiger partial charge in [0.25, 0.3) is 0 Å². The highest BCUT2D eigenvalue weighted by Crippen LogP contribution is 2.37. The number of allylic oxidation sites excluding steroid dienone is 1. The summed E-state index contributed by atoms with van der Waals surface area (Å²) in [6, 6.07) is 6.67. The summed E-state index contributed by atoms with van der Waals surface area (Å²) < 4.78 is 12.4. The Kier molecular flexibility index (Phi) is 5.30. The van der Waals surface area contributed by atoms with Gasteiger partial charge in [0.15, 0.2) is 0 Å². The largest absolute Gasteiger partial charge is 0.361 e. The number of benzene rings is 1. The molecule has 1 amide bonds. The number of carbonyl (C=O) groups is 1. The number of H-pyrrole nitrogens is 1. The van der Waals surface area contributed by atoms with E-state index in [4.69, 9.17) is 0 Å². The van der Waals surface area contributed by atoms with E-state index in [0.29, 0.717) is 25.6 Å². The maximum absolute atomic E-state index is 13.1. The van der Waals surface area contributed by atoms with Crippen LogP contribution in [0.25, 0.3) is 16.5 Å². The van der Waals surface area contributed by atoms with Crippen LogP contribution in [-0.2, 0) is 11.2 Å². The third kappa shape index (κ3) is 3.53. The maximum atomic E-state index is 13.1. The smallest absolute Gasteiger partial charge is 0.231 e. The number of nitrogens with zero attached hydrogens (tertiary/aromatic N) is 1. The molecule has 144 valence electrons. The topological polar surface area (TPSA) is 48.1 Å². The first-order chi connectivity index (χ1) is 13.2. The van der Waals surface area contributed by atoms with Crippen molar-refractivity contribution in [1.29, 1.82) is 0 Å². The van der Waals surface area contributed by atoms with Gasteiger partial charge in [0, 0.05) is 36.2 Å². The molecular formula is C22H28FN3O. The number of aromatic nitrogens is 1. The van der Waals surface area contributed by atoms with Gasteiger partial charge < -0.3 is 15.2 Å². The second kappa shape index (κ2) is 7.85. The molecule has 1 aliphatic carbocycles. The minimum atomic E-state index is -0.325. The van der Waals surface area contributed by atoms with Crippen molar-refractivity contribution in [2.45, 2.75) is 38.6 Å². The zero-order chi connectivity index (χ0) is 18.8. The van der Waals surface area contributed by atoms with Gasteiger partial charge >= 0.3 is 0 Å². The minimum absolute atomic E-state index is 0.195. The van der Waals surface area contributed by atoms with E-state index in [2.05, 4.69) is 47.7 Å². The number of hydrogen-bond donors (Lipinski definition) is 2. The summed E-state index contributed by atoms with van der Waals surface area (Å²) in [5.41, 5.74) is 5.02. The Bertz CT molecular complexity index is 856. The quantitative estimate of drug-likeness (QED) is 0.732. The Labute approximate surface area is 159 Å². The second-order valence-corrected chi connectivity index (χ2v) is 7.76. The molecule has 0 saturated carbocycles. The van der Waals surface area contributed by atoms with Crippen LogP contribution in [-0.4, -0.2) is 48.1 Å². The Balaban J connectivity index is 1.61. The van der Waals surface area contributed by atoms with Crippen LogP contribution in [0.3, 0.4) is 0 Å². The molecular weight excluding hydrogens is 341 g/mol. The van der Waals surface area contributed by atoms with E-state index in [-0.39, 0.29) is 18.5 Å². The number of aromatic amines is 1. The third-order valence-corrected chi connectivity index (χ3v) is 5.97. The van der Waals surface area contributed by atoms with Gasteiger partial charge in [-0.25, -0.2) is 0 Å². The van der Waals surface area contributed by atoms with Gasteiger partial charge in [-0.1, -0.05) is 18.2 Å². The summed E-state index contributed by atoms with van der Waals surface area (Å²) >= 11 is 0. The molecule has 2 unspecified atom stereocenters. The van der Waals surface area contributed by atoms with Crippen LogP contribution < -0.4 is 5.32 Å². The zero-order valence-corrected chi connectivity index (χ0v) is 15.9. The highest BCUT2D eigenvalue weighted by atomic mass is 19.1. The molecule has 2 aliphatic rings. The van der Waals surface area contributed by atoms with Crippen molar-refractivity contribution in [2.24, 2.45) is 5.92 Å². The van der Waals surface area contributed by atoms with Crippen LogP contribution in [0.4, 0.5) is 4.39 Å². The van der Waals surface area contributed by atoms with Crippen molar-refractivity contribution in [2.75, 3.05) is 26.3 Å². The van der Waals surface area contributed by atoms with Gasteiger partial charge in [-0.3, -0.25) is 9.18 Å². The molecule has 0 spiro atoms. The van der Waals surface area contributed by atoms with Crippen LogP contribution in [0.1, 0.15) is 37.3 Å². The van der Waals surface area contributed by atoms with Gasteiger partial charge in [0.05, 0.1) is 12.6 Å². The van der Waals surface area contributed by atoms with Crippen LogP contribution in [0.2, 0.25) is 0 Å². The normalized spacial score (nSPS) is 21.5. The molecule has 27 heavy (non-hydrogen) atoms. The highest BCUT2D eigenvalue weighted by molar-refractivity contribution is 5.97. The SMILES string of the molecule is CC1CCN1C(=O)C(/C=C1\CCc2c[nH]c3cccc1c23)CNCCCF. The standard InChI is InChI=1S/C22H28FN3O/c1-15-8-11-26(15)22(27)18(13-24-10-3-9-23)12-16-6-7-17-14-25-20-5-2-4-19(16)21(17)20/h2,4-5,12,14-15,18,24-25H,3,6-11,13H2,1H3/b16-12+. The lowest BCUT2D eigenvalue weighted by atomic mass is 9.86. The van der Waals surface area contributed by atoms with Crippen LogP contribution >= 0.6 is 0 Å². The summed E-state index contributed by atoms with van der Waals surface area (Å²) in [6.45, 7) is 3.81. The number of rotatable bonds is 7. The van der Waals surface area contributed by atoms with Gasteiger partial charge in [0.2, 0.25) is 5.91 Å². The maximum Gasteiger partial charge on any atom is 0.231 e. The number of hydrogen-bond acceptors (Lipinski definition) is 2. The van der Waals surface area contributed by atoms with E-state index < -0.39 is 0 Å². The van der Waals surface area contributed by atoms with Crippen molar-refractivity contribution in [3.05, 3.63) is 41.6 Å². The number of likely N-dealkylation sites (tertiary alicyclic amines) is 1. The molecule has 4 nitrogen and oxygen atoms in total. The van der Waals surface area contributed by atoms with Crippen LogP contribution in [0.5, 0.6) is 0 Å². The first-order valence-corrected chi connectivity index (χ1v) is 10.1. The van der Waals surface area contributed by atoms with Crippen molar-refractivity contribution in [3.8, 4) is 0 Å². The van der Waals surface area contributed by atoms with Crippen LogP contribution in [0.15, 0.2) is 30.5 Å². The van der Waals surface area contributed by atoms with E-state index in [1.54, 1.807) is 0 Å². The Hall–Kier alpha value is -2.14. The average molecular weight is 369 g/mol. The van der Waals surface area contributed by atoms with E-state index in [1.807, 2.05) is 4.90 Å². The van der Waals surface area contributed by atoms with E-state index in [9.17, 15) is 9.18 Å². The molecule has 0 bridgehead atoms. The van der Waals surface area contributed by atoms with Gasteiger partial charge in [-0.05, 0) is 61.9 Å². The predicted octanol–water partition coefficient (Wildman–Crippen LogP) is 3.68. The average Bonchev–Trinajstić information content (AvgIpc) is 3.09. The first kappa shape index (κ1) is 18.2. The number of carbonyl (C=O) groups excluding carboxylic acids is 1. The Morgan fingerprint density at radius 1 is 1.44 bits per heavy atom. The number of amides is 1. The first-order valence-electron chi connectivity index (χ1n) is 10.1. The van der Waals surface area contributed by atoms with Crippen molar-refractivity contribution >= 4 is 22.4 Å². The zero-order valence-electron chi connectivity index (χ0n) is 15.9. The number of aryl methyl sites for hydroxylation is 1. The van der Waals surface area contributed by atoms with E-state index in [1.165, 1.54) is 22.1 Å². The molecule has 2 atom stereocenters. The Morgan fingerprint density at radius 3 is 3.07 bits per heavy atom. The highest BCUT2D eigenvalue weighted by Gasteiger charge is 2.32. The molecule has 2 N–H and O–H groups in total. The van der Waals surface area contributed by atoms with Crippen molar-refractivity contribution in [1.82, 2.24) is 15.2 Å². The molecule has 1 fully saturated rings. The summed E-state index contributed by atoms with van der Waals surface area (Å²) in [6.07, 6.45) is 7.79. The predicted molar refractivity (Wildman–Crippen MR) is 107 cm³/mol. The Morgan fingerprint density at radius 2 is 2.33 bits per heavy atom. The molecule has 1 saturated heterocycles. The summed E-state index contributed by atoms with van der Waals surface area (Å²) in [4.78, 5) is 18.4. The van der Waals surface area contributed by atoms with Crippen molar-refractivity contribution < 1.29 is 9.18 Å². The number of nitrogens with one attached hydrogen (secondary N) is 2. The van der Waals surface area contributed by atoms with Gasteiger partial charge in [-0.15, -0.1) is 0 Å². The number of alkyl halides is 1. The minimum Gasteiger partial charge on any atom is -0.361 e. The monoisotopic (exact) mass is 369 g/mol. The molecule has 1 aromatic carbocycles. The van der Waals surface area contributed by atoms with E-state index >= 15 is 0 Å². The second-order valence-electron chi connectivity index (χ2n) is 7.76. The summed E-state index contributed by atoms with van der Waals surface area (Å²) in [5.74, 6) is -0.000789. The lowest BCUT2D eigenvalue weighted by Gasteiger charge is -2.40. The molecule has 0 radical (unpaired) electrons. The van der Waals surface area contributed by atoms with Gasteiger partial charge in [0.1, 0.15) is 0 Å². The molecule has 2 heterocycles. The van der Waals surface area contributed by atoms with E-state index in [0.717, 1.165) is 31.3 Å². The summed E-state index contributed by atoms with van der Waals surface area (Å²) in [5, 5.41) is 4.57. The molecule has 1 aromatic heterocycles. The molecule has 4 rings (SSSR count). The third-order valence-electron chi connectivity index (χ3n) is 5.97. The number of halogens is 1. The lowest BCUT2D eigenvalue weighted by molar-refractivity contribution is -0.140. The fourth-order valence-corrected chi connectivity index (χ4v) is 4.26. The fraction of sp³-hybridized carbons (Fsp3) is 0.500.